The molecule has 2 heterocycles. The van der Waals surface area contributed by atoms with Crippen LogP contribution in [0.15, 0.2) is 60.0 Å². The lowest BCUT2D eigenvalue weighted by molar-refractivity contribution is -0.119. The highest BCUT2D eigenvalue weighted by Crippen LogP contribution is 2.32. The van der Waals surface area contributed by atoms with Crippen molar-refractivity contribution in [3.63, 3.8) is 0 Å². The molecule has 1 N–H and O–H groups in total. The van der Waals surface area contributed by atoms with E-state index >= 15 is 0 Å². The summed E-state index contributed by atoms with van der Waals surface area (Å²) in [4.78, 5) is 16.8. The third-order valence-electron chi connectivity index (χ3n) is 4.49. The van der Waals surface area contributed by atoms with Crippen molar-refractivity contribution in [2.45, 2.75) is 18.1 Å². The van der Waals surface area contributed by atoms with Crippen molar-refractivity contribution >= 4 is 29.3 Å². The molecule has 0 spiro atoms. The van der Waals surface area contributed by atoms with Crippen LogP contribution < -0.4 is 14.8 Å². The first kappa shape index (κ1) is 19.7. The Kier molecular flexibility index (Phi) is 5.97. The summed E-state index contributed by atoms with van der Waals surface area (Å²) in [6.07, 6.45) is 3.58. The third kappa shape index (κ3) is 4.68. The Labute approximate surface area is 178 Å². The van der Waals surface area contributed by atoms with Crippen molar-refractivity contribution in [3.8, 4) is 17.2 Å². The van der Waals surface area contributed by atoms with E-state index in [-0.39, 0.29) is 17.7 Å². The second kappa shape index (κ2) is 8.80. The molecular weight excluding hydrogens is 410 g/mol. The van der Waals surface area contributed by atoms with Crippen molar-refractivity contribution < 1.29 is 14.3 Å². The van der Waals surface area contributed by atoms with Gasteiger partial charge in [0, 0.05) is 23.1 Å². The Bertz CT molecular complexity index is 1010. The summed E-state index contributed by atoms with van der Waals surface area (Å²) in [5, 5.41) is 4.44. The third-order valence-corrected chi connectivity index (χ3v) is 5.71. The number of ether oxygens (including phenoxy) is 2. The van der Waals surface area contributed by atoms with Gasteiger partial charge in [-0.3, -0.25) is 9.36 Å². The minimum Gasteiger partial charge on any atom is -0.486 e. The molecule has 6 nitrogen and oxygen atoms in total. The fourth-order valence-electron chi connectivity index (χ4n) is 3.02. The van der Waals surface area contributed by atoms with Gasteiger partial charge < -0.3 is 14.8 Å². The summed E-state index contributed by atoms with van der Waals surface area (Å²) in [7, 11) is 0. The van der Waals surface area contributed by atoms with E-state index in [0.717, 1.165) is 22.2 Å². The quantitative estimate of drug-likeness (QED) is 0.593. The average Bonchev–Trinajstić information content (AvgIpc) is 3.21. The molecule has 0 bridgehead atoms. The molecule has 0 aliphatic carbocycles. The Morgan fingerprint density at radius 2 is 1.97 bits per heavy atom. The van der Waals surface area contributed by atoms with Crippen molar-refractivity contribution in [3.05, 3.63) is 65.4 Å². The molecule has 1 amide bonds. The van der Waals surface area contributed by atoms with Gasteiger partial charge in [-0.25, -0.2) is 4.98 Å². The standard InChI is InChI=1S/C21H20ClN3O3S/c1-14(15-2-7-18-19(12-15)28-11-10-27-18)24-20(26)13-29-21-23-8-9-25(21)17-5-3-16(22)4-6-17/h2-9,12,14H,10-11,13H2,1H3,(H,24,26)/t14-/m1/s1. The monoisotopic (exact) mass is 429 g/mol. The normalized spacial score (nSPS) is 13.7. The first-order valence-electron chi connectivity index (χ1n) is 9.21. The van der Waals surface area contributed by atoms with Gasteiger partial charge in [-0.15, -0.1) is 0 Å². The van der Waals surface area contributed by atoms with Gasteiger partial charge >= 0.3 is 0 Å². The summed E-state index contributed by atoms with van der Waals surface area (Å²) < 4.78 is 13.1. The predicted octanol–water partition coefficient (Wildman–Crippen LogP) is 4.27. The minimum atomic E-state index is -0.144. The maximum atomic E-state index is 12.5. The summed E-state index contributed by atoms with van der Waals surface area (Å²) in [6, 6.07) is 13.1. The number of nitrogens with zero attached hydrogens (tertiary/aromatic N) is 2. The second-order valence-corrected chi connectivity index (χ2v) is 7.92. The molecule has 2 aromatic carbocycles. The highest BCUT2D eigenvalue weighted by molar-refractivity contribution is 7.99. The highest BCUT2D eigenvalue weighted by atomic mass is 35.5. The molecule has 0 radical (unpaired) electrons. The van der Waals surface area contributed by atoms with Gasteiger partial charge in [0.2, 0.25) is 5.91 Å². The van der Waals surface area contributed by atoms with Gasteiger partial charge in [0.15, 0.2) is 16.7 Å². The molecule has 0 fully saturated rings. The zero-order valence-corrected chi connectivity index (χ0v) is 17.4. The van der Waals surface area contributed by atoms with E-state index in [9.17, 15) is 4.79 Å². The smallest absolute Gasteiger partial charge is 0.230 e. The number of carbonyl (C=O) groups excluding carboxylic acids is 1. The average molecular weight is 430 g/mol. The molecule has 8 heteroatoms. The molecule has 0 saturated heterocycles. The number of hydrogen-bond acceptors (Lipinski definition) is 5. The largest absolute Gasteiger partial charge is 0.486 e. The topological polar surface area (TPSA) is 65.4 Å². The molecular formula is C21H20ClN3O3S. The van der Waals surface area contributed by atoms with Crippen LogP contribution >= 0.6 is 23.4 Å². The maximum Gasteiger partial charge on any atom is 0.230 e. The minimum absolute atomic E-state index is 0.0666. The number of aromatic nitrogens is 2. The Hall–Kier alpha value is -2.64. The SMILES string of the molecule is C[C@@H](NC(=O)CSc1nccn1-c1ccc(Cl)cc1)c1ccc2c(c1)OCCO2. The van der Waals surface area contributed by atoms with Gasteiger partial charge in [0.1, 0.15) is 13.2 Å². The lowest BCUT2D eigenvalue weighted by atomic mass is 10.1. The van der Waals surface area contributed by atoms with Crippen molar-refractivity contribution in [2.24, 2.45) is 0 Å². The molecule has 1 aliphatic heterocycles. The Balaban J connectivity index is 1.36. The number of benzene rings is 2. The van der Waals surface area contributed by atoms with E-state index in [1.54, 1.807) is 6.20 Å². The molecule has 0 unspecified atom stereocenters. The number of imidazole rings is 1. The Morgan fingerprint density at radius 1 is 1.21 bits per heavy atom. The van der Waals surface area contributed by atoms with Crippen molar-refractivity contribution in [1.82, 2.24) is 14.9 Å². The maximum absolute atomic E-state index is 12.5. The van der Waals surface area contributed by atoms with Crippen LogP contribution in [0.5, 0.6) is 11.5 Å². The van der Waals surface area contributed by atoms with Crippen LogP contribution in [0, 0.1) is 0 Å². The molecule has 29 heavy (non-hydrogen) atoms. The zero-order valence-electron chi connectivity index (χ0n) is 15.8. The fourth-order valence-corrected chi connectivity index (χ4v) is 3.93. The summed E-state index contributed by atoms with van der Waals surface area (Å²) in [6.45, 7) is 3.04. The van der Waals surface area contributed by atoms with E-state index in [0.29, 0.717) is 24.0 Å². The van der Waals surface area contributed by atoms with Gasteiger partial charge in [0.25, 0.3) is 0 Å². The number of fused-ring (bicyclic) bond motifs is 1. The van der Waals surface area contributed by atoms with E-state index in [2.05, 4.69) is 10.3 Å². The molecule has 1 aliphatic rings. The molecule has 1 aromatic heterocycles. The van der Waals surface area contributed by atoms with Crippen molar-refractivity contribution in [2.75, 3.05) is 19.0 Å². The summed E-state index contributed by atoms with van der Waals surface area (Å²) in [5.74, 6) is 1.65. The number of thioether (sulfide) groups is 1. The first-order chi connectivity index (χ1) is 14.1. The Morgan fingerprint density at radius 3 is 2.76 bits per heavy atom. The molecule has 0 saturated carbocycles. The van der Waals surface area contributed by atoms with Gasteiger partial charge in [-0.2, -0.15) is 0 Å². The number of hydrogen-bond donors (Lipinski definition) is 1. The number of rotatable bonds is 6. The molecule has 3 aromatic rings. The predicted molar refractivity (Wildman–Crippen MR) is 113 cm³/mol. The van der Waals surface area contributed by atoms with Crippen LogP contribution in [0.25, 0.3) is 5.69 Å². The second-order valence-electron chi connectivity index (χ2n) is 6.54. The van der Waals surface area contributed by atoms with E-state index in [4.69, 9.17) is 21.1 Å². The summed E-state index contributed by atoms with van der Waals surface area (Å²) >= 11 is 7.34. The zero-order chi connectivity index (χ0) is 20.2. The van der Waals surface area contributed by atoms with Gasteiger partial charge in [-0.05, 0) is 48.9 Å². The number of carbonyl (C=O) groups is 1. The van der Waals surface area contributed by atoms with Crippen LogP contribution in [-0.4, -0.2) is 34.4 Å². The van der Waals surface area contributed by atoms with Crippen molar-refractivity contribution in [1.29, 1.82) is 0 Å². The van der Waals surface area contributed by atoms with Crippen LogP contribution in [0.1, 0.15) is 18.5 Å². The number of halogens is 1. The van der Waals surface area contributed by atoms with Crippen LogP contribution in [0.2, 0.25) is 5.02 Å². The number of amides is 1. The molecule has 150 valence electrons. The molecule has 1 atom stereocenters. The highest BCUT2D eigenvalue weighted by Gasteiger charge is 2.16. The number of nitrogens with one attached hydrogen (secondary N) is 1. The van der Waals surface area contributed by atoms with E-state index < -0.39 is 0 Å². The summed E-state index contributed by atoms with van der Waals surface area (Å²) in [5.41, 5.74) is 1.91. The van der Waals surface area contributed by atoms with Gasteiger partial charge in [-0.1, -0.05) is 29.4 Å². The molecule has 4 rings (SSSR count). The van der Waals surface area contributed by atoms with Gasteiger partial charge in [0.05, 0.1) is 11.8 Å². The fraction of sp³-hybridized carbons (Fsp3) is 0.238. The van der Waals surface area contributed by atoms with E-state index in [1.807, 2.05) is 60.2 Å². The van der Waals surface area contributed by atoms with Crippen LogP contribution in [0.3, 0.4) is 0 Å². The lowest BCUT2D eigenvalue weighted by Gasteiger charge is -2.21. The van der Waals surface area contributed by atoms with Crippen LogP contribution in [-0.2, 0) is 4.79 Å². The van der Waals surface area contributed by atoms with E-state index in [1.165, 1.54) is 11.8 Å². The lowest BCUT2D eigenvalue weighted by Crippen LogP contribution is -2.28. The first-order valence-corrected chi connectivity index (χ1v) is 10.6. The van der Waals surface area contributed by atoms with Crippen LogP contribution in [0.4, 0.5) is 0 Å².